The summed E-state index contributed by atoms with van der Waals surface area (Å²) in [5.41, 5.74) is 4.59. The van der Waals surface area contributed by atoms with Crippen molar-refractivity contribution in [2.75, 3.05) is 13.1 Å². The minimum atomic E-state index is -0.612. The minimum Gasteiger partial charge on any atom is -0.322 e. The molecule has 7 rings (SSSR count). The number of hydrogen-bond donors (Lipinski definition) is 1. The van der Waals surface area contributed by atoms with Gasteiger partial charge in [-0.05, 0) is 91.4 Å². The molecule has 0 radical (unpaired) electrons. The Balaban J connectivity index is 1.02. The van der Waals surface area contributed by atoms with Crippen molar-refractivity contribution in [2.24, 2.45) is 0 Å². The molecular weight excluding hydrogens is 549 g/mol. The number of hydrogen-bond acceptors (Lipinski definition) is 6. The van der Waals surface area contributed by atoms with Gasteiger partial charge in [0.05, 0.1) is 16.6 Å². The number of piperidine rings is 2. The Bertz CT molecular complexity index is 1850. The quantitative estimate of drug-likeness (QED) is 0.362. The standard InChI is InChI=1S/C33H30FN5O4/c34-24-2-1-3-25(16-24)39-19-35-28-7-4-20(14-27(28)33(39)43)17-37-12-10-21(11-13-37)22-5-6-26-23(15-22)18-38(32(26)42)29-8-9-30(40)36-31(29)41/h1-7,14-16,19,21,29H,8-13,17-18H2,(H,36,40,41). The van der Waals surface area contributed by atoms with E-state index >= 15 is 0 Å². The number of carbonyl (C=O) groups is 3. The van der Waals surface area contributed by atoms with Gasteiger partial charge in [0.2, 0.25) is 11.8 Å². The van der Waals surface area contributed by atoms with Gasteiger partial charge in [0.15, 0.2) is 0 Å². The molecule has 2 fully saturated rings. The molecule has 1 atom stereocenters. The number of imide groups is 1. The highest BCUT2D eigenvalue weighted by Crippen LogP contribution is 2.34. The van der Waals surface area contributed by atoms with Crippen molar-refractivity contribution in [2.45, 2.75) is 50.7 Å². The SMILES string of the molecule is O=C1CCC(N2Cc3cc(C4CCN(Cc5ccc6ncn(-c7cccc(F)c7)c(=O)c6c5)CC4)ccc3C2=O)C(=O)N1. The molecule has 0 bridgehead atoms. The van der Waals surface area contributed by atoms with Gasteiger partial charge < -0.3 is 4.90 Å². The van der Waals surface area contributed by atoms with Gasteiger partial charge in [0.1, 0.15) is 18.2 Å². The third kappa shape index (κ3) is 5.12. The van der Waals surface area contributed by atoms with Crippen molar-refractivity contribution in [3.8, 4) is 5.69 Å². The molecule has 3 aliphatic rings. The minimum absolute atomic E-state index is 0.154. The molecule has 10 heteroatoms. The van der Waals surface area contributed by atoms with E-state index in [1.807, 2.05) is 30.3 Å². The number of halogens is 1. The molecule has 1 unspecified atom stereocenters. The zero-order valence-electron chi connectivity index (χ0n) is 23.5. The van der Waals surface area contributed by atoms with Gasteiger partial charge in [-0.2, -0.15) is 0 Å². The van der Waals surface area contributed by atoms with E-state index in [0.717, 1.165) is 37.1 Å². The van der Waals surface area contributed by atoms with Crippen LogP contribution in [0, 0.1) is 5.82 Å². The number of benzene rings is 3. The predicted molar refractivity (Wildman–Crippen MR) is 157 cm³/mol. The number of aromatic nitrogens is 2. The molecular formula is C33H30FN5O4. The molecule has 1 aromatic heterocycles. The van der Waals surface area contributed by atoms with E-state index in [2.05, 4.69) is 21.3 Å². The summed E-state index contributed by atoms with van der Waals surface area (Å²) < 4.78 is 15.1. The van der Waals surface area contributed by atoms with Gasteiger partial charge in [-0.3, -0.25) is 34.0 Å². The van der Waals surface area contributed by atoms with Crippen LogP contribution < -0.4 is 10.9 Å². The van der Waals surface area contributed by atoms with Gasteiger partial charge in [0, 0.05) is 25.1 Å². The molecule has 43 heavy (non-hydrogen) atoms. The van der Waals surface area contributed by atoms with E-state index in [0.29, 0.717) is 47.6 Å². The van der Waals surface area contributed by atoms with E-state index in [-0.39, 0.29) is 23.8 Å². The molecule has 1 N–H and O–H groups in total. The van der Waals surface area contributed by atoms with Crippen LogP contribution >= 0.6 is 0 Å². The van der Waals surface area contributed by atoms with E-state index in [1.54, 1.807) is 17.0 Å². The van der Waals surface area contributed by atoms with Crippen LogP contribution in [0.2, 0.25) is 0 Å². The highest BCUT2D eigenvalue weighted by molar-refractivity contribution is 6.05. The maximum Gasteiger partial charge on any atom is 0.265 e. The molecule has 0 aliphatic carbocycles. The van der Waals surface area contributed by atoms with Gasteiger partial charge in [-0.15, -0.1) is 0 Å². The molecule has 2 saturated heterocycles. The first kappa shape index (κ1) is 27.2. The van der Waals surface area contributed by atoms with Crippen molar-refractivity contribution >= 4 is 28.6 Å². The second kappa shape index (κ2) is 10.9. The fraction of sp³-hybridized carbons (Fsp3) is 0.303. The van der Waals surface area contributed by atoms with E-state index < -0.39 is 17.8 Å². The van der Waals surface area contributed by atoms with Crippen molar-refractivity contribution in [1.82, 2.24) is 24.7 Å². The van der Waals surface area contributed by atoms with Gasteiger partial charge in [-0.25, -0.2) is 9.37 Å². The van der Waals surface area contributed by atoms with Crippen molar-refractivity contribution in [3.05, 3.63) is 105 Å². The van der Waals surface area contributed by atoms with Crippen molar-refractivity contribution < 1.29 is 18.8 Å². The van der Waals surface area contributed by atoms with E-state index in [1.165, 1.54) is 28.6 Å². The molecule has 4 heterocycles. The Kier molecular flexibility index (Phi) is 6.85. The Morgan fingerprint density at radius 3 is 2.56 bits per heavy atom. The van der Waals surface area contributed by atoms with Crippen LogP contribution in [0.3, 0.4) is 0 Å². The molecule has 3 amide bonds. The average molecular weight is 580 g/mol. The molecule has 0 saturated carbocycles. The molecule has 0 spiro atoms. The van der Waals surface area contributed by atoms with Crippen LogP contribution in [0.25, 0.3) is 16.6 Å². The number of rotatable bonds is 5. The van der Waals surface area contributed by atoms with Crippen LogP contribution in [0.5, 0.6) is 0 Å². The fourth-order valence-electron chi connectivity index (χ4n) is 6.61. The van der Waals surface area contributed by atoms with Crippen LogP contribution in [0.1, 0.15) is 58.6 Å². The summed E-state index contributed by atoms with van der Waals surface area (Å²) in [5.74, 6) is -0.894. The number of likely N-dealkylation sites (tertiary alicyclic amines) is 1. The lowest BCUT2D eigenvalue weighted by molar-refractivity contribution is -0.136. The zero-order valence-corrected chi connectivity index (χ0v) is 23.5. The molecule has 4 aromatic rings. The third-order valence-corrected chi connectivity index (χ3v) is 8.92. The summed E-state index contributed by atoms with van der Waals surface area (Å²) in [6.45, 7) is 2.87. The summed E-state index contributed by atoms with van der Waals surface area (Å²) in [5, 5.41) is 2.85. The Labute approximate surface area is 246 Å². The zero-order chi connectivity index (χ0) is 29.7. The van der Waals surface area contributed by atoms with E-state index in [9.17, 15) is 23.6 Å². The number of carbonyl (C=O) groups excluding carboxylic acids is 3. The fourth-order valence-corrected chi connectivity index (χ4v) is 6.61. The van der Waals surface area contributed by atoms with Gasteiger partial charge in [-0.1, -0.05) is 24.3 Å². The Morgan fingerprint density at radius 2 is 1.77 bits per heavy atom. The lowest BCUT2D eigenvalue weighted by Crippen LogP contribution is -2.52. The first-order valence-corrected chi connectivity index (χ1v) is 14.6. The number of nitrogens with one attached hydrogen (secondary N) is 1. The van der Waals surface area contributed by atoms with Crippen LogP contribution in [-0.4, -0.2) is 56.2 Å². The second-order valence-electron chi connectivity index (χ2n) is 11.6. The molecule has 3 aromatic carbocycles. The van der Waals surface area contributed by atoms with Gasteiger partial charge in [0.25, 0.3) is 11.5 Å². The lowest BCUT2D eigenvalue weighted by atomic mass is 9.87. The summed E-state index contributed by atoms with van der Waals surface area (Å²) >= 11 is 0. The number of amides is 3. The largest absolute Gasteiger partial charge is 0.322 e. The summed E-state index contributed by atoms with van der Waals surface area (Å²) in [4.78, 5) is 58.6. The number of nitrogens with zero attached hydrogens (tertiary/aromatic N) is 4. The normalized spacial score (nSPS) is 19.6. The van der Waals surface area contributed by atoms with Crippen LogP contribution in [0.4, 0.5) is 4.39 Å². The Morgan fingerprint density at radius 1 is 0.930 bits per heavy atom. The highest BCUT2D eigenvalue weighted by Gasteiger charge is 2.39. The number of fused-ring (bicyclic) bond motifs is 2. The van der Waals surface area contributed by atoms with Crippen LogP contribution in [-0.2, 0) is 22.7 Å². The highest BCUT2D eigenvalue weighted by atomic mass is 19.1. The first-order chi connectivity index (χ1) is 20.8. The summed E-state index contributed by atoms with van der Waals surface area (Å²) in [6, 6.07) is 17.1. The average Bonchev–Trinajstić information content (AvgIpc) is 3.33. The van der Waals surface area contributed by atoms with Crippen molar-refractivity contribution in [3.63, 3.8) is 0 Å². The lowest BCUT2D eigenvalue weighted by Gasteiger charge is -2.32. The molecule has 218 valence electrons. The molecule has 3 aliphatic heterocycles. The Hall–Kier alpha value is -4.70. The maximum atomic E-state index is 13.8. The summed E-state index contributed by atoms with van der Waals surface area (Å²) in [6.07, 6.45) is 3.96. The summed E-state index contributed by atoms with van der Waals surface area (Å²) in [7, 11) is 0. The smallest absolute Gasteiger partial charge is 0.265 e. The van der Waals surface area contributed by atoms with E-state index in [4.69, 9.17) is 0 Å². The second-order valence-corrected chi connectivity index (χ2v) is 11.6. The molecule has 9 nitrogen and oxygen atoms in total. The monoisotopic (exact) mass is 579 g/mol. The first-order valence-electron chi connectivity index (χ1n) is 14.6. The predicted octanol–water partition coefficient (Wildman–Crippen LogP) is 3.67. The van der Waals surface area contributed by atoms with Crippen LogP contribution in [0.15, 0.2) is 71.8 Å². The van der Waals surface area contributed by atoms with Crippen molar-refractivity contribution in [1.29, 1.82) is 0 Å². The third-order valence-electron chi connectivity index (χ3n) is 8.92. The maximum absolute atomic E-state index is 13.8. The topological polar surface area (TPSA) is 105 Å². The van der Waals surface area contributed by atoms with Gasteiger partial charge >= 0.3 is 0 Å².